The number of aryl methyl sites for hydroxylation is 1. The molecule has 2 heterocycles. The van der Waals surface area contributed by atoms with Crippen LogP contribution in [0.4, 0.5) is 10.5 Å². The van der Waals surface area contributed by atoms with E-state index in [2.05, 4.69) is 30.4 Å². The van der Waals surface area contributed by atoms with Gasteiger partial charge in [0, 0.05) is 28.7 Å². The van der Waals surface area contributed by atoms with Crippen molar-refractivity contribution in [2.75, 3.05) is 18.6 Å². The van der Waals surface area contributed by atoms with E-state index in [1.54, 1.807) is 37.8 Å². The van der Waals surface area contributed by atoms with Crippen LogP contribution < -0.4 is 4.90 Å². The van der Waals surface area contributed by atoms with Crippen molar-refractivity contribution in [3.63, 3.8) is 0 Å². The first-order valence-electron chi connectivity index (χ1n) is 11.8. The number of aliphatic carboxylic acids is 1. The first-order chi connectivity index (χ1) is 17.2. The van der Waals surface area contributed by atoms with Crippen LogP contribution in [0, 0.1) is 26.7 Å². The lowest BCUT2D eigenvalue weighted by Crippen LogP contribution is -2.39. The number of amides is 1. The summed E-state index contributed by atoms with van der Waals surface area (Å²) in [6.45, 7) is 11.7. The first-order valence-corrected chi connectivity index (χ1v) is 12.2. The van der Waals surface area contributed by atoms with Gasteiger partial charge in [0.25, 0.3) is 0 Å². The molecule has 0 saturated carbocycles. The van der Waals surface area contributed by atoms with E-state index in [0.29, 0.717) is 17.1 Å². The Morgan fingerprint density at radius 1 is 1.16 bits per heavy atom. The largest absolute Gasteiger partial charge is 0.481 e. The fourth-order valence-corrected chi connectivity index (χ4v) is 4.81. The number of rotatable bonds is 3. The Morgan fingerprint density at radius 2 is 1.70 bits per heavy atom. The molecule has 2 N–H and O–H groups in total. The van der Waals surface area contributed by atoms with Gasteiger partial charge < -0.3 is 19.5 Å². The summed E-state index contributed by atoms with van der Waals surface area (Å²) in [4.78, 5) is 26.0. The molecule has 1 amide bonds. The molecule has 2 aromatic carbocycles. The molecule has 1 unspecified atom stereocenters. The first kappa shape index (κ1) is 29.8. The minimum absolute atomic E-state index is 0.0527. The zero-order chi connectivity index (χ0) is 28.2. The summed E-state index contributed by atoms with van der Waals surface area (Å²) < 4.78 is 7.27. The zero-order valence-corrected chi connectivity index (χ0v) is 23.2. The van der Waals surface area contributed by atoms with Gasteiger partial charge >= 0.3 is 12.1 Å². The van der Waals surface area contributed by atoms with Gasteiger partial charge in [-0.3, -0.25) is 9.69 Å². The topological polar surface area (TPSA) is 92.0 Å². The number of carboxylic acids is 1. The van der Waals surface area contributed by atoms with E-state index < -0.39 is 17.7 Å². The van der Waals surface area contributed by atoms with Crippen molar-refractivity contribution < 1.29 is 24.5 Å². The highest BCUT2D eigenvalue weighted by molar-refractivity contribution is 6.30. The summed E-state index contributed by atoms with van der Waals surface area (Å²) in [6.07, 6.45) is 7.40. The number of carbonyl (C=O) groups excluding carboxylic acids is 1. The number of terminal acetylenes is 1. The van der Waals surface area contributed by atoms with Crippen molar-refractivity contribution in [3.05, 3.63) is 52.2 Å². The van der Waals surface area contributed by atoms with Crippen molar-refractivity contribution >= 4 is 40.3 Å². The lowest BCUT2D eigenvalue weighted by atomic mass is 9.88. The van der Waals surface area contributed by atoms with Gasteiger partial charge in [-0.15, -0.1) is 12.8 Å². The highest BCUT2D eigenvalue weighted by Crippen LogP contribution is 2.46. The molecule has 3 aromatic rings. The second-order valence-corrected chi connectivity index (χ2v) is 10.4. The Bertz CT molecular complexity index is 1310. The van der Waals surface area contributed by atoms with Crippen molar-refractivity contribution in [1.82, 2.24) is 4.57 Å². The van der Waals surface area contributed by atoms with Crippen molar-refractivity contribution in [2.24, 2.45) is 0 Å². The second-order valence-electron chi connectivity index (χ2n) is 9.92. The molecule has 0 saturated heterocycles. The number of methoxy groups -OCH3 is 1. The van der Waals surface area contributed by atoms with Crippen LogP contribution in [-0.2, 0) is 16.0 Å². The number of aliphatic hydroxyl groups is 1. The molecule has 1 atom stereocenters. The molecular weight excluding hydrogens is 492 g/mol. The number of halogens is 1. The normalized spacial score (nSPS) is 14.2. The van der Waals surface area contributed by atoms with Crippen LogP contribution in [0.1, 0.15) is 50.6 Å². The molecule has 8 heteroatoms. The molecule has 1 aromatic heterocycles. The second kappa shape index (κ2) is 11.7. The zero-order valence-electron chi connectivity index (χ0n) is 22.4. The molecule has 1 aliphatic heterocycles. The quantitative estimate of drug-likeness (QED) is 0.386. The molecule has 0 aliphatic carbocycles. The van der Waals surface area contributed by atoms with E-state index in [1.807, 2.05) is 26.0 Å². The summed E-state index contributed by atoms with van der Waals surface area (Å²) in [5, 5.41) is 19.7. The van der Waals surface area contributed by atoms with Gasteiger partial charge in [-0.2, -0.15) is 0 Å². The van der Waals surface area contributed by atoms with Gasteiger partial charge in [0.2, 0.25) is 0 Å². The van der Waals surface area contributed by atoms with Gasteiger partial charge in [-0.25, -0.2) is 4.79 Å². The van der Waals surface area contributed by atoms with Crippen LogP contribution in [0.5, 0.6) is 0 Å². The lowest BCUT2D eigenvalue weighted by Gasteiger charge is -2.35. The number of benzene rings is 2. The smallest absolute Gasteiger partial charge is 0.414 e. The fraction of sp³-hybridized carbons (Fsp3) is 0.379. The average molecular weight is 527 g/mol. The molecule has 0 bridgehead atoms. The standard InChI is InChI=1S/C23H23ClN2O4.C4H10O.C2H2/c1-12-9-18-20(15-5-7-16(24)8-6-15)17(10-19(27)28)14(3)21-22(18)26(12)13(2)11-25(21)23(29)30-4;1-4(2,3)5;1-2/h5-9,13H,10-11H2,1-4H3,(H,27,28);5H,1-3H3;1-2H. The molecular formula is C29H35ClN2O5. The van der Waals surface area contributed by atoms with Crippen molar-refractivity contribution in [1.29, 1.82) is 0 Å². The minimum atomic E-state index is -0.926. The number of hydrogen-bond acceptors (Lipinski definition) is 4. The van der Waals surface area contributed by atoms with Crippen molar-refractivity contribution in [2.45, 2.75) is 59.6 Å². The minimum Gasteiger partial charge on any atom is -0.481 e. The van der Waals surface area contributed by atoms with Gasteiger partial charge in [-0.05, 0) is 82.0 Å². The van der Waals surface area contributed by atoms with Gasteiger partial charge in [0.05, 0.1) is 30.3 Å². The SMILES string of the molecule is C#C.CC(C)(C)O.COC(=O)N1CC(C)n2c(C)cc3c(-c4ccc(Cl)cc4)c(CC(=O)O)c(C)c1c32. The molecule has 0 spiro atoms. The van der Waals surface area contributed by atoms with Crippen LogP contribution >= 0.6 is 11.6 Å². The van der Waals surface area contributed by atoms with E-state index in [4.69, 9.17) is 21.4 Å². The predicted molar refractivity (Wildman–Crippen MR) is 150 cm³/mol. The maximum atomic E-state index is 12.6. The number of carboxylic acid groups (broad SMARTS) is 1. The maximum Gasteiger partial charge on any atom is 0.414 e. The van der Waals surface area contributed by atoms with E-state index in [9.17, 15) is 14.7 Å². The molecule has 7 nitrogen and oxygen atoms in total. The molecule has 0 fully saturated rings. The number of nitrogens with zero attached hydrogens (tertiary/aromatic N) is 2. The third kappa shape index (κ3) is 6.46. The van der Waals surface area contributed by atoms with Gasteiger partial charge in [0.1, 0.15) is 0 Å². The summed E-state index contributed by atoms with van der Waals surface area (Å²) >= 11 is 6.09. The number of carbonyl (C=O) groups is 2. The number of hydrogen-bond donors (Lipinski definition) is 2. The number of ether oxygens (including phenoxy) is 1. The summed E-state index contributed by atoms with van der Waals surface area (Å²) in [6, 6.07) is 9.54. The number of anilines is 1. The van der Waals surface area contributed by atoms with Gasteiger partial charge in [-0.1, -0.05) is 23.7 Å². The van der Waals surface area contributed by atoms with Crippen LogP contribution in [0.2, 0.25) is 5.02 Å². The highest BCUT2D eigenvalue weighted by atomic mass is 35.5. The Balaban J connectivity index is 0.000000617. The van der Waals surface area contributed by atoms with E-state index in [1.165, 1.54) is 7.11 Å². The van der Waals surface area contributed by atoms with E-state index >= 15 is 0 Å². The summed E-state index contributed by atoms with van der Waals surface area (Å²) in [5.74, 6) is -0.926. The fourth-order valence-electron chi connectivity index (χ4n) is 4.69. The van der Waals surface area contributed by atoms with E-state index in [-0.39, 0.29) is 12.5 Å². The van der Waals surface area contributed by atoms with Crippen LogP contribution in [0.3, 0.4) is 0 Å². The van der Waals surface area contributed by atoms with Gasteiger partial charge in [0.15, 0.2) is 0 Å². The van der Waals surface area contributed by atoms with E-state index in [0.717, 1.165) is 39.0 Å². The Hall–Kier alpha value is -3.47. The third-order valence-corrected chi connectivity index (χ3v) is 6.10. The molecule has 198 valence electrons. The summed E-state index contributed by atoms with van der Waals surface area (Å²) in [7, 11) is 1.36. The average Bonchev–Trinajstić information content (AvgIpc) is 3.15. The highest BCUT2D eigenvalue weighted by Gasteiger charge is 2.34. The van der Waals surface area contributed by atoms with Crippen LogP contribution in [0.25, 0.3) is 22.0 Å². The molecule has 4 rings (SSSR count). The third-order valence-electron chi connectivity index (χ3n) is 5.85. The Kier molecular flexibility index (Phi) is 9.43. The maximum absolute atomic E-state index is 12.6. The lowest BCUT2D eigenvalue weighted by molar-refractivity contribution is -0.136. The molecule has 1 aliphatic rings. The Labute approximate surface area is 223 Å². The molecule has 0 radical (unpaired) electrons. The van der Waals surface area contributed by atoms with Crippen LogP contribution in [0.15, 0.2) is 30.3 Å². The number of aromatic nitrogens is 1. The Morgan fingerprint density at radius 3 is 2.19 bits per heavy atom. The monoisotopic (exact) mass is 526 g/mol. The van der Waals surface area contributed by atoms with Crippen molar-refractivity contribution in [3.8, 4) is 24.0 Å². The summed E-state index contributed by atoms with van der Waals surface area (Å²) in [5.41, 5.74) is 5.42. The predicted octanol–water partition coefficient (Wildman–Crippen LogP) is 6.38. The van der Waals surface area contributed by atoms with Crippen LogP contribution in [-0.4, -0.2) is 46.1 Å². The molecule has 37 heavy (non-hydrogen) atoms.